The van der Waals surface area contributed by atoms with Crippen molar-refractivity contribution in [3.63, 3.8) is 0 Å². The van der Waals surface area contributed by atoms with Gasteiger partial charge in [0, 0.05) is 32.9 Å². The second kappa shape index (κ2) is 7.93. The number of anilines is 1. The fourth-order valence-electron chi connectivity index (χ4n) is 1.41. The van der Waals surface area contributed by atoms with Crippen LogP contribution in [0.5, 0.6) is 0 Å². The van der Waals surface area contributed by atoms with E-state index in [2.05, 4.69) is 15.2 Å². The molecule has 0 aliphatic carbocycles. The average Bonchev–Trinajstić information content (AvgIpc) is 2.38. The van der Waals surface area contributed by atoms with Crippen molar-refractivity contribution < 1.29 is 14.6 Å². The largest absolute Gasteiger partial charge is 0.478 e. The van der Waals surface area contributed by atoms with Gasteiger partial charge in [-0.3, -0.25) is 0 Å². The van der Waals surface area contributed by atoms with Gasteiger partial charge in [-0.25, -0.2) is 9.78 Å². The maximum Gasteiger partial charge on any atom is 0.337 e. The smallest absolute Gasteiger partial charge is 0.337 e. The number of nitrogens with one attached hydrogen (secondary N) is 1. The number of halogens is 1. The zero-order valence-electron chi connectivity index (χ0n) is 11.0. The zero-order chi connectivity index (χ0) is 14.3. The number of aromatic carboxylic acids is 1. The molecule has 1 aromatic heterocycles. The highest BCUT2D eigenvalue weighted by Gasteiger charge is 2.08. The van der Waals surface area contributed by atoms with Crippen LogP contribution in [-0.2, 0) is 4.74 Å². The Labute approximate surface area is 117 Å². The van der Waals surface area contributed by atoms with Gasteiger partial charge in [0.2, 0.25) is 0 Å². The third kappa shape index (κ3) is 5.42. The van der Waals surface area contributed by atoms with Crippen LogP contribution in [0.3, 0.4) is 0 Å². The minimum absolute atomic E-state index is 0.0766. The highest BCUT2D eigenvalue weighted by Crippen LogP contribution is 2.19. The Balaban J connectivity index is 2.43. The van der Waals surface area contributed by atoms with Crippen LogP contribution in [0, 0.1) is 0 Å². The maximum atomic E-state index is 10.7. The summed E-state index contributed by atoms with van der Waals surface area (Å²) >= 11 is 5.95. The van der Waals surface area contributed by atoms with Gasteiger partial charge in [0.25, 0.3) is 0 Å². The van der Waals surface area contributed by atoms with Crippen molar-refractivity contribution in [1.82, 2.24) is 9.88 Å². The molecule has 6 nitrogen and oxygen atoms in total. The van der Waals surface area contributed by atoms with Gasteiger partial charge < -0.3 is 20.1 Å². The molecule has 7 heteroatoms. The SMILES string of the molecule is COCCN(C)CCNc1ncc(C(=O)O)cc1Cl. The van der Waals surface area contributed by atoms with E-state index in [-0.39, 0.29) is 5.56 Å². The van der Waals surface area contributed by atoms with Crippen LogP contribution in [0.25, 0.3) is 0 Å². The van der Waals surface area contributed by atoms with Crippen molar-refractivity contribution in [2.24, 2.45) is 0 Å². The second-order valence-electron chi connectivity index (χ2n) is 4.08. The molecule has 19 heavy (non-hydrogen) atoms. The first-order chi connectivity index (χ1) is 9.04. The van der Waals surface area contributed by atoms with Crippen LogP contribution in [0.1, 0.15) is 10.4 Å². The number of nitrogens with zero attached hydrogens (tertiary/aromatic N) is 2. The number of carbonyl (C=O) groups is 1. The monoisotopic (exact) mass is 287 g/mol. The molecule has 106 valence electrons. The lowest BCUT2D eigenvalue weighted by atomic mass is 10.3. The molecule has 0 bridgehead atoms. The number of carboxylic acids is 1. The number of carboxylic acid groups (broad SMARTS) is 1. The summed E-state index contributed by atoms with van der Waals surface area (Å²) in [6, 6.07) is 1.38. The van der Waals surface area contributed by atoms with E-state index in [0.717, 1.165) is 13.1 Å². The summed E-state index contributed by atoms with van der Waals surface area (Å²) in [7, 11) is 3.66. The topological polar surface area (TPSA) is 74.7 Å². The van der Waals surface area contributed by atoms with E-state index in [4.69, 9.17) is 21.4 Å². The van der Waals surface area contributed by atoms with Gasteiger partial charge in [-0.2, -0.15) is 0 Å². The number of ether oxygens (including phenoxy) is 1. The van der Waals surface area contributed by atoms with Gasteiger partial charge in [-0.05, 0) is 13.1 Å². The van der Waals surface area contributed by atoms with Crippen molar-refractivity contribution in [1.29, 1.82) is 0 Å². The lowest BCUT2D eigenvalue weighted by Gasteiger charge is -2.16. The van der Waals surface area contributed by atoms with Crippen molar-refractivity contribution in [3.05, 3.63) is 22.8 Å². The van der Waals surface area contributed by atoms with Crippen molar-refractivity contribution in [2.75, 3.05) is 45.7 Å². The van der Waals surface area contributed by atoms with E-state index in [0.29, 0.717) is 24.0 Å². The molecule has 0 aliphatic heterocycles. The van der Waals surface area contributed by atoms with E-state index >= 15 is 0 Å². The fraction of sp³-hybridized carbons (Fsp3) is 0.500. The first-order valence-corrected chi connectivity index (χ1v) is 6.22. The Morgan fingerprint density at radius 1 is 1.58 bits per heavy atom. The van der Waals surface area contributed by atoms with Gasteiger partial charge in [-0.15, -0.1) is 0 Å². The first-order valence-electron chi connectivity index (χ1n) is 5.84. The van der Waals surface area contributed by atoms with Gasteiger partial charge in [0.05, 0.1) is 17.2 Å². The summed E-state index contributed by atoms with van der Waals surface area (Å²) in [5.41, 5.74) is 0.0766. The quantitative estimate of drug-likeness (QED) is 0.753. The third-order valence-electron chi connectivity index (χ3n) is 2.55. The van der Waals surface area contributed by atoms with Crippen LogP contribution in [-0.4, -0.2) is 61.4 Å². The molecule has 0 saturated carbocycles. The number of aromatic nitrogens is 1. The standard InChI is InChI=1S/C12H18ClN3O3/c1-16(5-6-19-2)4-3-14-11-10(13)7-9(8-15-11)12(17)18/h7-8H,3-6H2,1-2H3,(H,14,15)(H,17,18). The lowest BCUT2D eigenvalue weighted by Crippen LogP contribution is -2.28. The zero-order valence-corrected chi connectivity index (χ0v) is 11.8. The molecule has 0 radical (unpaired) electrons. The minimum Gasteiger partial charge on any atom is -0.478 e. The summed E-state index contributed by atoms with van der Waals surface area (Å²) in [5, 5.41) is 12.2. The van der Waals surface area contributed by atoms with Crippen LogP contribution in [0.2, 0.25) is 5.02 Å². The van der Waals surface area contributed by atoms with Crippen molar-refractivity contribution >= 4 is 23.4 Å². The Bertz CT molecular complexity index is 429. The molecule has 0 atom stereocenters. The van der Waals surface area contributed by atoms with Crippen molar-refractivity contribution in [2.45, 2.75) is 0 Å². The number of hydrogen-bond donors (Lipinski definition) is 2. The van der Waals surface area contributed by atoms with Gasteiger partial charge in [0.15, 0.2) is 0 Å². The number of likely N-dealkylation sites (N-methyl/N-ethyl adjacent to an activating group) is 1. The predicted octanol–water partition coefficient (Wildman–Crippen LogP) is 1.42. The molecule has 1 aromatic rings. The van der Waals surface area contributed by atoms with Crippen LogP contribution < -0.4 is 5.32 Å². The van der Waals surface area contributed by atoms with Crippen LogP contribution in [0.15, 0.2) is 12.3 Å². The van der Waals surface area contributed by atoms with Crippen molar-refractivity contribution in [3.8, 4) is 0 Å². The van der Waals surface area contributed by atoms with Gasteiger partial charge in [-0.1, -0.05) is 11.6 Å². The highest BCUT2D eigenvalue weighted by molar-refractivity contribution is 6.33. The summed E-state index contributed by atoms with van der Waals surface area (Å²) in [4.78, 5) is 16.8. The van der Waals surface area contributed by atoms with E-state index in [1.54, 1.807) is 7.11 Å². The summed E-state index contributed by atoms with van der Waals surface area (Å²) < 4.78 is 4.98. The van der Waals surface area contributed by atoms with Crippen LogP contribution >= 0.6 is 11.6 Å². The Hall–Kier alpha value is -1.37. The molecular weight excluding hydrogens is 270 g/mol. The highest BCUT2D eigenvalue weighted by atomic mass is 35.5. The Morgan fingerprint density at radius 3 is 2.89 bits per heavy atom. The third-order valence-corrected chi connectivity index (χ3v) is 2.84. The maximum absolute atomic E-state index is 10.7. The second-order valence-corrected chi connectivity index (χ2v) is 4.49. The first kappa shape index (κ1) is 15.7. The molecule has 1 rings (SSSR count). The molecule has 0 spiro atoms. The molecule has 1 heterocycles. The molecule has 0 saturated heterocycles. The number of pyridine rings is 1. The molecular formula is C12H18ClN3O3. The fourth-order valence-corrected chi connectivity index (χ4v) is 1.64. The summed E-state index contributed by atoms with van der Waals surface area (Å²) in [6.07, 6.45) is 1.28. The predicted molar refractivity (Wildman–Crippen MR) is 74.1 cm³/mol. The Morgan fingerprint density at radius 2 is 2.32 bits per heavy atom. The molecule has 0 amide bonds. The lowest BCUT2D eigenvalue weighted by molar-refractivity contribution is 0.0696. The minimum atomic E-state index is -1.04. The number of hydrogen-bond acceptors (Lipinski definition) is 5. The number of methoxy groups -OCH3 is 1. The molecule has 0 unspecified atom stereocenters. The molecule has 0 aliphatic rings. The number of rotatable bonds is 8. The molecule has 0 aromatic carbocycles. The molecule has 2 N–H and O–H groups in total. The Kier molecular flexibility index (Phi) is 6.55. The average molecular weight is 288 g/mol. The van der Waals surface area contributed by atoms with E-state index in [9.17, 15) is 4.79 Å². The summed E-state index contributed by atoms with van der Waals surface area (Å²) in [5.74, 6) is -0.549. The van der Waals surface area contributed by atoms with Gasteiger partial charge >= 0.3 is 5.97 Å². The van der Waals surface area contributed by atoms with E-state index in [1.165, 1.54) is 12.3 Å². The van der Waals surface area contributed by atoms with Gasteiger partial charge in [0.1, 0.15) is 5.82 Å². The molecule has 0 fully saturated rings. The summed E-state index contributed by atoms with van der Waals surface area (Å²) in [6.45, 7) is 3.00. The van der Waals surface area contributed by atoms with E-state index in [1.807, 2.05) is 7.05 Å². The normalized spacial score (nSPS) is 10.7. The van der Waals surface area contributed by atoms with Crippen LogP contribution in [0.4, 0.5) is 5.82 Å². The van der Waals surface area contributed by atoms with E-state index < -0.39 is 5.97 Å².